The second-order valence-electron chi connectivity index (χ2n) is 6.68. The van der Waals surface area contributed by atoms with Gasteiger partial charge in [-0.15, -0.1) is 0 Å². The van der Waals surface area contributed by atoms with E-state index in [0.717, 1.165) is 16.3 Å². The fraction of sp³-hybridized carbons (Fsp3) is 0.0870. The van der Waals surface area contributed by atoms with Crippen molar-refractivity contribution in [1.29, 1.82) is 5.41 Å². The van der Waals surface area contributed by atoms with Gasteiger partial charge in [-0.2, -0.15) is 0 Å². The van der Waals surface area contributed by atoms with Crippen LogP contribution in [0.4, 0.5) is 5.69 Å². The third kappa shape index (κ3) is 5.02. The number of ether oxygens (including phenoxy) is 1. The van der Waals surface area contributed by atoms with Gasteiger partial charge in [0.1, 0.15) is 11.6 Å². The van der Waals surface area contributed by atoms with Gasteiger partial charge in [0.25, 0.3) is 0 Å². The molecule has 7 N–H and O–H groups in total. The third-order valence-corrected chi connectivity index (χ3v) is 4.47. The third-order valence-electron chi connectivity index (χ3n) is 4.47. The number of nitrogens with one attached hydrogen (secondary N) is 1. The van der Waals surface area contributed by atoms with Crippen LogP contribution in [0, 0.1) is 5.41 Å². The number of hydrogen-bond acceptors (Lipinski definition) is 4. The van der Waals surface area contributed by atoms with E-state index < -0.39 is 5.97 Å². The summed E-state index contributed by atoms with van der Waals surface area (Å²) in [4.78, 5) is 16.6. The first-order valence-electron chi connectivity index (χ1n) is 9.36. The topological polar surface area (TPSA) is 141 Å². The Balaban J connectivity index is 1.79. The van der Waals surface area contributed by atoms with Gasteiger partial charge in [0.05, 0.1) is 5.69 Å². The summed E-state index contributed by atoms with van der Waals surface area (Å²) >= 11 is 0. The molecule has 3 aromatic carbocycles. The molecule has 0 aromatic heterocycles. The largest absolute Gasteiger partial charge is 0.423 e. The van der Waals surface area contributed by atoms with E-state index in [1.807, 2.05) is 37.3 Å². The molecule has 0 aliphatic rings. The van der Waals surface area contributed by atoms with Crippen molar-refractivity contribution < 1.29 is 9.53 Å². The van der Waals surface area contributed by atoms with Gasteiger partial charge in [0.15, 0.2) is 5.96 Å². The summed E-state index contributed by atoms with van der Waals surface area (Å²) < 4.78 is 5.57. The van der Waals surface area contributed by atoms with Crippen LogP contribution in [-0.4, -0.2) is 17.8 Å². The SMILES string of the molecule is CCC(=Cc1ccc(N=C(N)N)cc1)C(=O)Oc1ccc2cc(C(=N)N)ccc2c1. The van der Waals surface area contributed by atoms with Crippen molar-refractivity contribution in [2.45, 2.75) is 13.3 Å². The van der Waals surface area contributed by atoms with E-state index in [-0.39, 0.29) is 11.8 Å². The van der Waals surface area contributed by atoms with Crippen LogP contribution in [-0.2, 0) is 4.79 Å². The number of benzene rings is 3. The van der Waals surface area contributed by atoms with Gasteiger partial charge >= 0.3 is 5.97 Å². The number of nitrogens with zero attached hydrogens (tertiary/aromatic N) is 1. The van der Waals surface area contributed by atoms with Crippen molar-refractivity contribution in [3.8, 4) is 5.75 Å². The number of esters is 1. The van der Waals surface area contributed by atoms with Gasteiger partial charge in [-0.1, -0.05) is 37.3 Å². The van der Waals surface area contributed by atoms with Crippen LogP contribution in [0.1, 0.15) is 24.5 Å². The zero-order valence-corrected chi connectivity index (χ0v) is 16.6. The Morgan fingerprint density at radius 3 is 2.30 bits per heavy atom. The number of carbonyl (C=O) groups excluding carboxylic acids is 1. The summed E-state index contributed by atoms with van der Waals surface area (Å²) in [5, 5.41) is 9.34. The lowest BCUT2D eigenvalue weighted by molar-refractivity contribution is -0.130. The van der Waals surface area contributed by atoms with E-state index in [1.54, 1.807) is 36.4 Å². The second kappa shape index (κ2) is 8.91. The zero-order valence-electron chi connectivity index (χ0n) is 16.6. The normalized spacial score (nSPS) is 11.2. The Morgan fingerprint density at radius 2 is 1.67 bits per heavy atom. The van der Waals surface area contributed by atoms with Crippen molar-refractivity contribution in [3.63, 3.8) is 0 Å². The molecule has 0 aliphatic heterocycles. The maximum atomic E-state index is 12.6. The lowest BCUT2D eigenvalue weighted by atomic mass is 10.1. The molecule has 0 heterocycles. The Morgan fingerprint density at radius 1 is 1.00 bits per heavy atom. The van der Waals surface area contributed by atoms with Crippen molar-refractivity contribution in [2.75, 3.05) is 0 Å². The van der Waals surface area contributed by atoms with Crippen LogP contribution < -0.4 is 21.9 Å². The van der Waals surface area contributed by atoms with Gasteiger partial charge in [0.2, 0.25) is 0 Å². The van der Waals surface area contributed by atoms with Crippen LogP contribution in [0.25, 0.3) is 16.8 Å². The molecule has 7 heteroatoms. The minimum atomic E-state index is -0.412. The lowest BCUT2D eigenvalue weighted by Gasteiger charge is -2.09. The number of nitrogen functional groups attached to an aromatic ring is 1. The summed E-state index contributed by atoms with van der Waals surface area (Å²) in [6.07, 6.45) is 2.30. The Labute approximate surface area is 174 Å². The minimum absolute atomic E-state index is 0.0102. The molecule has 0 spiro atoms. The zero-order chi connectivity index (χ0) is 21.7. The molecule has 7 nitrogen and oxygen atoms in total. The van der Waals surface area contributed by atoms with E-state index >= 15 is 0 Å². The predicted molar refractivity (Wildman–Crippen MR) is 121 cm³/mol. The first kappa shape index (κ1) is 20.6. The highest BCUT2D eigenvalue weighted by Crippen LogP contribution is 2.24. The van der Waals surface area contributed by atoms with E-state index in [0.29, 0.717) is 29.0 Å². The average Bonchev–Trinajstić information content (AvgIpc) is 2.72. The fourth-order valence-electron chi connectivity index (χ4n) is 2.93. The lowest BCUT2D eigenvalue weighted by Crippen LogP contribution is -2.21. The Kier molecular flexibility index (Phi) is 6.12. The predicted octanol–water partition coefficient (Wildman–Crippen LogP) is 3.43. The number of carbonyl (C=O) groups is 1. The van der Waals surface area contributed by atoms with Crippen LogP contribution in [0.3, 0.4) is 0 Å². The number of nitrogens with two attached hydrogens (primary N) is 3. The monoisotopic (exact) mass is 401 g/mol. The summed E-state index contributed by atoms with van der Waals surface area (Å²) in [6.45, 7) is 1.89. The highest BCUT2D eigenvalue weighted by Gasteiger charge is 2.11. The minimum Gasteiger partial charge on any atom is -0.423 e. The fourth-order valence-corrected chi connectivity index (χ4v) is 2.93. The standard InChI is InChI=1S/C23H23N5O2/c1-2-15(11-14-3-8-19(9-4-14)28-23(26)27)22(29)30-20-10-7-16-12-18(21(24)25)6-5-17(16)13-20/h3-13H,2H2,1H3,(H3,24,25)(H4,26,27,28). The van der Waals surface area contributed by atoms with Crippen LogP contribution >= 0.6 is 0 Å². The van der Waals surface area contributed by atoms with Gasteiger partial charge in [-0.05, 0) is 59.2 Å². The average molecular weight is 401 g/mol. The first-order chi connectivity index (χ1) is 14.4. The molecule has 0 radical (unpaired) electrons. The molecule has 3 rings (SSSR count). The number of amidine groups is 1. The molecule has 152 valence electrons. The van der Waals surface area contributed by atoms with E-state index in [4.69, 9.17) is 27.3 Å². The number of rotatable bonds is 6. The summed E-state index contributed by atoms with van der Waals surface area (Å²) in [5.74, 6) is 0.0384. The van der Waals surface area contributed by atoms with Gasteiger partial charge in [-0.25, -0.2) is 9.79 Å². The van der Waals surface area contributed by atoms with Crippen molar-refractivity contribution in [1.82, 2.24) is 0 Å². The molecule has 0 unspecified atom stereocenters. The summed E-state index contributed by atoms with van der Waals surface area (Å²) in [6, 6.07) is 18.0. The molecular weight excluding hydrogens is 378 g/mol. The summed E-state index contributed by atoms with van der Waals surface area (Å²) in [7, 11) is 0. The maximum absolute atomic E-state index is 12.6. The van der Waals surface area contributed by atoms with Crippen LogP contribution in [0.15, 0.2) is 71.2 Å². The van der Waals surface area contributed by atoms with Crippen molar-refractivity contribution in [3.05, 3.63) is 77.4 Å². The first-order valence-corrected chi connectivity index (χ1v) is 9.36. The molecule has 3 aromatic rings. The van der Waals surface area contributed by atoms with Gasteiger partial charge in [0, 0.05) is 11.1 Å². The smallest absolute Gasteiger partial charge is 0.339 e. The number of guanidine groups is 1. The number of aliphatic imine (C=N–C) groups is 1. The van der Waals surface area contributed by atoms with E-state index in [2.05, 4.69) is 4.99 Å². The summed E-state index contributed by atoms with van der Waals surface area (Å²) in [5.41, 5.74) is 18.9. The molecule has 0 saturated heterocycles. The van der Waals surface area contributed by atoms with Gasteiger partial charge < -0.3 is 21.9 Å². The van der Waals surface area contributed by atoms with Crippen molar-refractivity contribution >= 4 is 40.3 Å². The Bertz CT molecular complexity index is 1160. The van der Waals surface area contributed by atoms with Crippen LogP contribution in [0.2, 0.25) is 0 Å². The molecule has 0 aliphatic carbocycles. The highest BCUT2D eigenvalue weighted by atomic mass is 16.5. The Hall–Kier alpha value is -4.13. The molecule has 30 heavy (non-hydrogen) atoms. The molecule has 0 saturated carbocycles. The van der Waals surface area contributed by atoms with Crippen molar-refractivity contribution in [2.24, 2.45) is 22.2 Å². The molecular formula is C23H23N5O2. The second-order valence-corrected chi connectivity index (χ2v) is 6.68. The quantitative estimate of drug-likeness (QED) is 0.165. The maximum Gasteiger partial charge on any atom is 0.339 e. The molecule has 0 atom stereocenters. The molecule has 0 bridgehead atoms. The molecule has 0 amide bonds. The van der Waals surface area contributed by atoms with Crippen LogP contribution in [0.5, 0.6) is 5.75 Å². The molecule has 0 fully saturated rings. The van der Waals surface area contributed by atoms with E-state index in [9.17, 15) is 4.79 Å². The van der Waals surface area contributed by atoms with E-state index in [1.165, 1.54) is 0 Å². The number of fused-ring (bicyclic) bond motifs is 1. The van der Waals surface area contributed by atoms with Gasteiger partial charge in [-0.3, -0.25) is 5.41 Å². The number of hydrogen-bond donors (Lipinski definition) is 4. The highest BCUT2D eigenvalue weighted by molar-refractivity contribution is 6.00.